The Balaban J connectivity index is 0.0000144. The van der Waals surface area contributed by atoms with Crippen molar-refractivity contribution in [1.29, 1.82) is 0 Å². The Kier molecular flexibility index (Phi) is 22.4. The van der Waals surface area contributed by atoms with E-state index in [0.717, 1.165) is 56.7 Å². The van der Waals surface area contributed by atoms with Gasteiger partial charge in [-0.2, -0.15) is 0 Å². The van der Waals surface area contributed by atoms with Crippen molar-refractivity contribution < 1.29 is 61.6 Å². The molecule has 0 spiro atoms. The predicted octanol–water partition coefficient (Wildman–Crippen LogP) is 5.22. The molecule has 0 N–H and O–H groups in total. The second-order valence-corrected chi connectivity index (χ2v) is 10.9. The van der Waals surface area contributed by atoms with Crippen molar-refractivity contribution in [2.75, 3.05) is 0 Å². The van der Waals surface area contributed by atoms with Gasteiger partial charge in [0.15, 0.2) is 0 Å². The smallest absolute Gasteiger partial charge is 0.744 e. The van der Waals surface area contributed by atoms with E-state index in [2.05, 4.69) is 13.8 Å². The van der Waals surface area contributed by atoms with Crippen LogP contribution in [0.5, 0.6) is 0 Å². The summed E-state index contributed by atoms with van der Waals surface area (Å²) < 4.78 is 44.6. The average Bonchev–Trinajstić information content (AvgIpc) is 2.89. The van der Waals surface area contributed by atoms with Gasteiger partial charge in [0.2, 0.25) is 0 Å². The van der Waals surface area contributed by atoms with E-state index in [1.54, 1.807) is 12.2 Å². The summed E-state index contributed by atoms with van der Waals surface area (Å²) in [6, 6.07) is 2.93. The fraction of sp³-hybridized carbons (Fsp3) is 0.600. The minimum Gasteiger partial charge on any atom is -0.744 e. The second-order valence-electron chi connectivity index (χ2n) is 9.54. The van der Waals surface area contributed by atoms with Gasteiger partial charge in [0, 0.05) is 0 Å². The van der Waals surface area contributed by atoms with Crippen LogP contribution in [-0.2, 0) is 19.6 Å². The molecule has 0 amide bonds. The fourth-order valence-corrected chi connectivity index (χ4v) is 4.44. The molecule has 214 valence electrons. The molecule has 39 heavy (non-hydrogen) atoms. The number of hydrogen-bond acceptors (Lipinski definition) is 7. The molecule has 7 nitrogen and oxygen atoms in total. The van der Waals surface area contributed by atoms with Crippen LogP contribution in [-0.4, -0.2) is 24.9 Å². The zero-order valence-electron chi connectivity index (χ0n) is 24.1. The van der Waals surface area contributed by atoms with Crippen molar-refractivity contribution in [3.63, 3.8) is 0 Å². The number of carbonyl (C=O) groups excluding carboxylic acids is 2. The first-order valence-corrected chi connectivity index (χ1v) is 15.5. The second kappa shape index (κ2) is 23.3. The maximum atomic E-state index is 12.6. The first kappa shape index (κ1) is 37.6. The molecule has 0 fully saturated rings. The van der Waals surface area contributed by atoms with E-state index < -0.39 is 27.0 Å². The van der Waals surface area contributed by atoms with Crippen LogP contribution in [0.3, 0.4) is 0 Å². The number of benzene rings is 1. The Morgan fingerprint density at radius 1 is 0.692 bits per heavy atom. The van der Waals surface area contributed by atoms with Gasteiger partial charge in [-0.15, -0.1) is 0 Å². The summed E-state index contributed by atoms with van der Waals surface area (Å²) in [5.41, 5.74) is -0.517. The Labute approximate surface area is 257 Å². The Morgan fingerprint density at radius 2 is 1.10 bits per heavy atom. The molecule has 0 radical (unpaired) electrons. The Hall–Kier alpha value is -1.45. The van der Waals surface area contributed by atoms with E-state index in [1.165, 1.54) is 76.7 Å². The monoisotopic (exact) mass is 572 g/mol. The van der Waals surface area contributed by atoms with Crippen LogP contribution in [0.1, 0.15) is 137 Å². The molecule has 1 aromatic carbocycles. The van der Waals surface area contributed by atoms with Crippen LogP contribution in [0.4, 0.5) is 0 Å². The Morgan fingerprint density at radius 3 is 1.54 bits per heavy atom. The van der Waals surface area contributed by atoms with E-state index in [-0.39, 0.29) is 40.7 Å². The van der Waals surface area contributed by atoms with Crippen molar-refractivity contribution in [3.05, 3.63) is 54.0 Å². The molecule has 9 heteroatoms. The van der Waals surface area contributed by atoms with Gasteiger partial charge in [-0.25, -0.2) is 18.0 Å². The number of unbranched alkanes of at least 4 members (excludes halogenated alkanes) is 14. The average molecular weight is 573 g/mol. The van der Waals surface area contributed by atoms with E-state index in [0.29, 0.717) is 0 Å². The van der Waals surface area contributed by atoms with Crippen molar-refractivity contribution in [3.8, 4) is 0 Å². The molecule has 0 unspecified atom stereocenters. The topological polar surface area (TPSA) is 110 Å². The SMILES string of the molecule is CCCCCCCCC/C=C/OC(=O)c1ccc(S(=O)(=O)[O-])cc1C(=O)O/C=C/CCCCCCCCC.[Na+]. The van der Waals surface area contributed by atoms with Crippen LogP contribution in [0, 0.1) is 0 Å². The van der Waals surface area contributed by atoms with Crippen molar-refractivity contribution in [2.24, 2.45) is 0 Å². The molecule has 1 rings (SSSR count). The molecule has 1 aromatic rings. The van der Waals surface area contributed by atoms with Crippen LogP contribution in [0.25, 0.3) is 0 Å². The largest absolute Gasteiger partial charge is 1.00 e. The van der Waals surface area contributed by atoms with Crippen LogP contribution in [0.2, 0.25) is 0 Å². The summed E-state index contributed by atoms with van der Waals surface area (Å²) in [5.74, 6) is -1.78. The molecule has 0 atom stereocenters. The van der Waals surface area contributed by atoms with E-state index >= 15 is 0 Å². The molecule has 0 saturated heterocycles. The van der Waals surface area contributed by atoms with Gasteiger partial charge in [-0.1, -0.05) is 90.9 Å². The Bertz CT molecular complexity index is 987. The molecule has 0 saturated carbocycles. The van der Waals surface area contributed by atoms with Crippen LogP contribution >= 0.6 is 0 Å². The number of carbonyl (C=O) groups is 2. The van der Waals surface area contributed by atoms with E-state index in [4.69, 9.17) is 9.47 Å². The number of esters is 2. The van der Waals surface area contributed by atoms with Gasteiger partial charge >= 0.3 is 41.5 Å². The molecule has 0 heterocycles. The van der Waals surface area contributed by atoms with Crippen LogP contribution < -0.4 is 29.6 Å². The number of rotatable bonds is 21. The molecule has 0 aliphatic heterocycles. The van der Waals surface area contributed by atoms with Gasteiger partial charge in [0.05, 0.1) is 28.5 Å². The fourth-order valence-electron chi connectivity index (χ4n) is 3.95. The molecule has 0 aliphatic carbocycles. The van der Waals surface area contributed by atoms with Crippen molar-refractivity contribution in [1.82, 2.24) is 0 Å². The summed E-state index contributed by atoms with van der Waals surface area (Å²) in [5, 5.41) is 0. The number of hydrogen-bond donors (Lipinski definition) is 0. The van der Waals surface area contributed by atoms with Gasteiger partial charge in [0.1, 0.15) is 10.1 Å². The summed E-state index contributed by atoms with van der Waals surface area (Å²) in [7, 11) is -4.82. The molecule has 0 bridgehead atoms. The first-order valence-electron chi connectivity index (χ1n) is 14.1. The molecule has 0 aromatic heterocycles. The van der Waals surface area contributed by atoms with Gasteiger partial charge in [-0.05, 0) is 56.0 Å². The quantitative estimate of drug-likeness (QED) is 0.0653. The van der Waals surface area contributed by atoms with Gasteiger partial charge in [0.25, 0.3) is 0 Å². The summed E-state index contributed by atoms with van der Waals surface area (Å²) in [6.07, 6.45) is 23.9. The standard InChI is InChI=1S/C30H46O7S.Na/c1-3-5-7-9-11-13-15-17-19-23-36-29(31)27-22-21-26(38(33,34)35)25-28(27)30(32)37-24-20-18-16-14-12-10-8-6-4-2;/h19-25H,3-18H2,1-2H3,(H,33,34,35);/q;+1/p-1/b23-19+,24-20+;. The molecular formula is C30H45NaO7S. The first-order chi connectivity index (χ1) is 18.3. The minimum absolute atomic E-state index is 0. The normalized spacial score (nSPS) is 11.6. The maximum absolute atomic E-state index is 12.6. The zero-order chi connectivity index (χ0) is 28.1. The van der Waals surface area contributed by atoms with E-state index in [1.807, 2.05) is 0 Å². The van der Waals surface area contributed by atoms with Gasteiger partial charge in [-0.3, -0.25) is 0 Å². The molecule has 0 aliphatic rings. The minimum atomic E-state index is -4.82. The third-order valence-electron chi connectivity index (χ3n) is 6.21. The van der Waals surface area contributed by atoms with E-state index in [9.17, 15) is 22.6 Å². The predicted molar refractivity (Wildman–Crippen MR) is 149 cm³/mol. The zero-order valence-corrected chi connectivity index (χ0v) is 26.9. The maximum Gasteiger partial charge on any atom is 1.00 e. The van der Waals surface area contributed by atoms with Crippen LogP contribution in [0.15, 0.2) is 47.8 Å². The molecular weight excluding hydrogens is 527 g/mol. The third-order valence-corrected chi connectivity index (χ3v) is 7.04. The van der Waals surface area contributed by atoms with Gasteiger partial charge < -0.3 is 14.0 Å². The summed E-state index contributed by atoms with van der Waals surface area (Å²) in [4.78, 5) is 24.6. The third kappa shape index (κ3) is 17.8. The summed E-state index contributed by atoms with van der Waals surface area (Å²) in [6.45, 7) is 4.37. The van der Waals surface area contributed by atoms with Crippen molar-refractivity contribution >= 4 is 22.1 Å². The summed E-state index contributed by atoms with van der Waals surface area (Å²) >= 11 is 0. The number of allylic oxidation sites excluding steroid dienone is 2. The number of ether oxygens (including phenoxy) is 2. The van der Waals surface area contributed by atoms with Crippen molar-refractivity contribution in [2.45, 2.75) is 121 Å².